The lowest BCUT2D eigenvalue weighted by Gasteiger charge is -1.99. The van der Waals surface area contributed by atoms with Gasteiger partial charge >= 0.3 is 0 Å². The molecule has 0 amide bonds. The fourth-order valence-corrected chi connectivity index (χ4v) is 2.37. The summed E-state index contributed by atoms with van der Waals surface area (Å²) in [5.74, 6) is 0.219. The van der Waals surface area contributed by atoms with Gasteiger partial charge in [0, 0.05) is 23.5 Å². The van der Waals surface area contributed by atoms with Gasteiger partial charge in [-0.15, -0.1) is 0 Å². The lowest BCUT2D eigenvalue weighted by atomic mass is 10.0. The summed E-state index contributed by atoms with van der Waals surface area (Å²) in [6.07, 6.45) is 2.26. The highest BCUT2D eigenvalue weighted by Gasteiger charge is 2.23. The minimum absolute atomic E-state index is 0.219. The summed E-state index contributed by atoms with van der Waals surface area (Å²) in [5.41, 5.74) is 4.71. The number of aromatic nitrogens is 1. The Kier molecular flexibility index (Phi) is 1.79. The normalized spacial score (nSPS) is 14.7. The second-order valence-electron chi connectivity index (χ2n) is 3.84. The van der Waals surface area contributed by atoms with Crippen LogP contribution in [-0.2, 0) is 13.0 Å². The van der Waals surface area contributed by atoms with E-state index in [1.165, 1.54) is 23.4 Å². The lowest BCUT2D eigenvalue weighted by molar-refractivity contribution is 0.101. The fourth-order valence-electron chi connectivity index (χ4n) is 2.37. The molecule has 2 rings (SSSR count). The molecule has 2 heteroatoms. The number of hydrogen-bond acceptors (Lipinski definition) is 1. The van der Waals surface area contributed by atoms with Crippen molar-refractivity contribution in [2.45, 2.75) is 40.2 Å². The smallest absolute Gasteiger partial charge is 0.161 e. The molecule has 70 valence electrons. The van der Waals surface area contributed by atoms with E-state index in [0.717, 1.165) is 18.5 Å². The van der Waals surface area contributed by atoms with E-state index in [9.17, 15) is 4.79 Å². The number of ketones is 1. The van der Waals surface area contributed by atoms with E-state index in [0.29, 0.717) is 0 Å². The van der Waals surface area contributed by atoms with Crippen molar-refractivity contribution in [3.63, 3.8) is 0 Å². The summed E-state index contributed by atoms with van der Waals surface area (Å²) in [7, 11) is 0. The molecule has 1 aromatic heterocycles. The molecule has 1 aromatic rings. The Labute approximate surface area is 78.6 Å². The topological polar surface area (TPSA) is 22.0 Å². The van der Waals surface area contributed by atoms with Crippen LogP contribution in [0, 0.1) is 13.8 Å². The van der Waals surface area contributed by atoms with Crippen LogP contribution >= 0.6 is 0 Å². The zero-order chi connectivity index (χ0) is 9.59. The zero-order valence-corrected chi connectivity index (χ0v) is 8.48. The molecule has 1 aliphatic rings. The Balaban J connectivity index is 2.68. The number of fused-ring (bicyclic) bond motifs is 1. The average molecular weight is 177 g/mol. The monoisotopic (exact) mass is 177 g/mol. The Hall–Kier alpha value is -1.05. The zero-order valence-electron chi connectivity index (χ0n) is 8.48. The summed E-state index contributed by atoms with van der Waals surface area (Å²) >= 11 is 0. The molecule has 0 N–H and O–H groups in total. The molecular formula is C11H15NO. The Morgan fingerprint density at radius 3 is 2.69 bits per heavy atom. The van der Waals surface area contributed by atoms with Crippen molar-refractivity contribution in [1.29, 1.82) is 0 Å². The minimum atomic E-state index is 0.219. The van der Waals surface area contributed by atoms with Crippen molar-refractivity contribution in [2.75, 3.05) is 0 Å². The summed E-state index contributed by atoms with van der Waals surface area (Å²) in [4.78, 5) is 11.4. The Bertz CT molecular complexity index is 374. The van der Waals surface area contributed by atoms with Crippen LogP contribution in [-0.4, -0.2) is 10.4 Å². The fraction of sp³-hybridized carbons (Fsp3) is 0.545. The summed E-state index contributed by atoms with van der Waals surface area (Å²) < 4.78 is 2.30. The number of rotatable bonds is 1. The quantitative estimate of drug-likeness (QED) is 0.603. The summed E-state index contributed by atoms with van der Waals surface area (Å²) in [6.45, 7) is 6.92. The first kappa shape index (κ1) is 8.54. The number of carbonyl (C=O) groups excluding carboxylic acids is 1. The predicted molar refractivity (Wildman–Crippen MR) is 52.2 cm³/mol. The first-order valence-corrected chi connectivity index (χ1v) is 4.82. The van der Waals surface area contributed by atoms with Gasteiger partial charge in [-0.2, -0.15) is 0 Å². The van der Waals surface area contributed by atoms with Crippen molar-refractivity contribution in [1.82, 2.24) is 4.57 Å². The molecule has 2 heterocycles. The maximum atomic E-state index is 11.4. The maximum Gasteiger partial charge on any atom is 0.161 e. The van der Waals surface area contributed by atoms with Crippen LogP contribution in [0.25, 0.3) is 0 Å². The minimum Gasteiger partial charge on any atom is -0.348 e. The predicted octanol–water partition coefficient (Wildman–Crippen LogP) is 2.25. The Morgan fingerprint density at radius 1 is 1.38 bits per heavy atom. The molecule has 2 nitrogen and oxygen atoms in total. The molecule has 0 atom stereocenters. The van der Waals surface area contributed by atoms with Gasteiger partial charge in [0.25, 0.3) is 0 Å². The molecule has 0 aliphatic carbocycles. The van der Waals surface area contributed by atoms with Crippen LogP contribution in [0.15, 0.2) is 0 Å². The third-order valence-electron chi connectivity index (χ3n) is 3.08. The number of Topliss-reactive ketones (excluding diaryl/α,β-unsaturated/α-hetero) is 1. The standard InChI is InChI=1S/C11H15NO/c1-7-8(2)12-6-4-5-10(12)11(7)9(3)13/h4-6H2,1-3H3. The lowest BCUT2D eigenvalue weighted by Crippen LogP contribution is -1.97. The molecule has 0 saturated carbocycles. The van der Waals surface area contributed by atoms with Crippen molar-refractivity contribution >= 4 is 5.78 Å². The van der Waals surface area contributed by atoms with E-state index < -0.39 is 0 Å². The van der Waals surface area contributed by atoms with Gasteiger partial charge in [-0.05, 0) is 39.2 Å². The highest BCUT2D eigenvalue weighted by Crippen LogP contribution is 2.28. The van der Waals surface area contributed by atoms with Gasteiger partial charge in [-0.3, -0.25) is 4.79 Å². The van der Waals surface area contributed by atoms with Gasteiger partial charge in [0.2, 0.25) is 0 Å². The molecule has 0 radical (unpaired) electrons. The van der Waals surface area contributed by atoms with Crippen LogP contribution in [0.2, 0.25) is 0 Å². The van der Waals surface area contributed by atoms with Gasteiger partial charge in [-0.25, -0.2) is 0 Å². The molecule has 0 bridgehead atoms. The van der Waals surface area contributed by atoms with Crippen LogP contribution < -0.4 is 0 Å². The second kappa shape index (κ2) is 2.72. The first-order chi connectivity index (χ1) is 6.13. The molecule has 0 spiro atoms. The number of carbonyl (C=O) groups is 1. The van der Waals surface area contributed by atoms with E-state index in [1.807, 2.05) is 0 Å². The van der Waals surface area contributed by atoms with Crippen molar-refractivity contribution in [3.05, 3.63) is 22.5 Å². The molecule has 0 unspecified atom stereocenters. The van der Waals surface area contributed by atoms with E-state index in [4.69, 9.17) is 0 Å². The van der Waals surface area contributed by atoms with Crippen molar-refractivity contribution in [3.8, 4) is 0 Å². The summed E-state index contributed by atoms with van der Waals surface area (Å²) in [5, 5.41) is 0. The molecule has 13 heavy (non-hydrogen) atoms. The van der Waals surface area contributed by atoms with E-state index in [-0.39, 0.29) is 5.78 Å². The van der Waals surface area contributed by atoms with Crippen molar-refractivity contribution in [2.24, 2.45) is 0 Å². The van der Waals surface area contributed by atoms with Crippen LogP contribution in [0.5, 0.6) is 0 Å². The average Bonchev–Trinajstić information content (AvgIpc) is 2.57. The van der Waals surface area contributed by atoms with Crippen molar-refractivity contribution < 1.29 is 4.79 Å². The third kappa shape index (κ3) is 1.05. The van der Waals surface area contributed by atoms with Gasteiger partial charge in [-0.1, -0.05) is 0 Å². The van der Waals surface area contributed by atoms with Crippen LogP contribution in [0.1, 0.15) is 40.7 Å². The third-order valence-corrected chi connectivity index (χ3v) is 3.08. The highest BCUT2D eigenvalue weighted by molar-refractivity contribution is 5.97. The second-order valence-corrected chi connectivity index (χ2v) is 3.84. The SMILES string of the molecule is CC(=O)c1c(C)c(C)n2c1CCC2. The first-order valence-electron chi connectivity index (χ1n) is 4.82. The molecule has 0 saturated heterocycles. The molecule has 1 aliphatic heterocycles. The van der Waals surface area contributed by atoms with Gasteiger partial charge < -0.3 is 4.57 Å². The largest absolute Gasteiger partial charge is 0.348 e. The van der Waals surface area contributed by atoms with E-state index in [1.54, 1.807) is 6.92 Å². The molecule has 0 aromatic carbocycles. The summed E-state index contributed by atoms with van der Waals surface area (Å²) in [6, 6.07) is 0. The van der Waals surface area contributed by atoms with Crippen LogP contribution in [0.3, 0.4) is 0 Å². The van der Waals surface area contributed by atoms with E-state index in [2.05, 4.69) is 18.4 Å². The van der Waals surface area contributed by atoms with Gasteiger partial charge in [0.1, 0.15) is 0 Å². The van der Waals surface area contributed by atoms with Gasteiger partial charge in [0.05, 0.1) is 0 Å². The number of hydrogen-bond donors (Lipinski definition) is 0. The maximum absolute atomic E-state index is 11.4. The van der Waals surface area contributed by atoms with Crippen LogP contribution in [0.4, 0.5) is 0 Å². The molecule has 0 fully saturated rings. The Morgan fingerprint density at radius 2 is 2.08 bits per heavy atom. The highest BCUT2D eigenvalue weighted by atomic mass is 16.1. The van der Waals surface area contributed by atoms with E-state index >= 15 is 0 Å². The number of nitrogens with zero attached hydrogens (tertiary/aromatic N) is 1. The molecular weight excluding hydrogens is 162 g/mol. The van der Waals surface area contributed by atoms with Gasteiger partial charge in [0.15, 0.2) is 5.78 Å².